The molecule has 0 spiro atoms. The second-order valence-electron chi connectivity index (χ2n) is 6.17. The summed E-state index contributed by atoms with van der Waals surface area (Å²) in [6, 6.07) is 15.2. The van der Waals surface area contributed by atoms with E-state index in [0.29, 0.717) is 18.1 Å². The molecule has 2 aromatic heterocycles. The number of anilines is 2. The minimum Gasteiger partial charge on any atom is -0.352 e. The molecule has 3 aromatic rings. The summed E-state index contributed by atoms with van der Waals surface area (Å²) < 4.78 is 0. The predicted molar refractivity (Wildman–Crippen MR) is 110 cm³/mol. The molecule has 0 unspecified atom stereocenters. The molecule has 0 bridgehead atoms. The Kier molecular flexibility index (Phi) is 5.22. The molecule has 4 rings (SSSR count). The van der Waals surface area contributed by atoms with Gasteiger partial charge in [-0.1, -0.05) is 23.7 Å². The third kappa shape index (κ3) is 4.20. The molecule has 1 aromatic carbocycles. The fourth-order valence-corrected chi connectivity index (χ4v) is 3.67. The molecule has 0 radical (unpaired) electrons. The number of nitrogens with one attached hydrogen (secondary N) is 1. The Hall–Kier alpha value is -2.64. The van der Waals surface area contributed by atoms with E-state index in [2.05, 4.69) is 20.4 Å². The Morgan fingerprint density at radius 2 is 1.78 bits per heavy atom. The molecule has 0 aliphatic carbocycles. The van der Waals surface area contributed by atoms with Crippen molar-refractivity contribution in [1.82, 2.24) is 15.1 Å². The standard InChI is InChI=1S/C19H18ClN5OS/c20-15-5-3-14(4-6-15)16-7-8-17(23-22-16)24-9-11-25(12-10-24)19(26)21-18-2-1-13-27-18/h1-8,13H,9-12H2,(H,21,26). The van der Waals surface area contributed by atoms with Crippen molar-refractivity contribution in [2.24, 2.45) is 0 Å². The van der Waals surface area contributed by atoms with Gasteiger partial charge in [0.25, 0.3) is 0 Å². The first kappa shape index (κ1) is 17.8. The number of hydrogen-bond acceptors (Lipinski definition) is 5. The van der Waals surface area contributed by atoms with Crippen LogP contribution in [0.25, 0.3) is 11.3 Å². The maximum absolute atomic E-state index is 12.3. The second kappa shape index (κ2) is 7.94. The lowest BCUT2D eigenvalue weighted by atomic mass is 10.1. The number of carbonyl (C=O) groups is 1. The molecule has 1 fully saturated rings. The van der Waals surface area contributed by atoms with Gasteiger partial charge in [0.05, 0.1) is 10.7 Å². The first-order valence-corrected chi connectivity index (χ1v) is 9.89. The molecule has 1 aliphatic heterocycles. The van der Waals surface area contributed by atoms with Crippen molar-refractivity contribution >= 4 is 39.8 Å². The third-order valence-electron chi connectivity index (χ3n) is 4.43. The van der Waals surface area contributed by atoms with Crippen LogP contribution in [0.3, 0.4) is 0 Å². The van der Waals surface area contributed by atoms with Gasteiger partial charge < -0.3 is 9.80 Å². The van der Waals surface area contributed by atoms with Crippen LogP contribution in [0, 0.1) is 0 Å². The fourth-order valence-electron chi connectivity index (χ4n) is 2.94. The molecular weight excluding hydrogens is 382 g/mol. The van der Waals surface area contributed by atoms with Crippen molar-refractivity contribution in [2.45, 2.75) is 0 Å². The van der Waals surface area contributed by atoms with Crippen LogP contribution in [0.5, 0.6) is 0 Å². The first-order chi connectivity index (χ1) is 13.2. The van der Waals surface area contributed by atoms with Gasteiger partial charge in [0.15, 0.2) is 5.82 Å². The zero-order valence-corrected chi connectivity index (χ0v) is 16.1. The van der Waals surface area contributed by atoms with Crippen LogP contribution >= 0.6 is 22.9 Å². The van der Waals surface area contributed by atoms with E-state index < -0.39 is 0 Å². The Bertz CT molecular complexity index is 891. The fraction of sp³-hybridized carbons (Fsp3) is 0.211. The van der Waals surface area contributed by atoms with Gasteiger partial charge in [-0.15, -0.1) is 21.5 Å². The Labute approximate surface area is 166 Å². The minimum atomic E-state index is -0.0544. The topological polar surface area (TPSA) is 61.4 Å². The van der Waals surface area contributed by atoms with Crippen LogP contribution in [0.15, 0.2) is 53.9 Å². The van der Waals surface area contributed by atoms with Gasteiger partial charge in [-0.05, 0) is 41.8 Å². The van der Waals surface area contributed by atoms with Crippen molar-refractivity contribution in [1.29, 1.82) is 0 Å². The molecule has 138 valence electrons. The molecule has 27 heavy (non-hydrogen) atoms. The number of nitrogens with zero attached hydrogens (tertiary/aromatic N) is 4. The van der Waals surface area contributed by atoms with Gasteiger partial charge in [-0.25, -0.2) is 4.79 Å². The SMILES string of the molecule is O=C(Nc1cccs1)N1CCN(c2ccc(-c3ccc(Cl)cc3)nn2)CC1. The average Bonchev–Trinajstić information content (AvgIpc) is 3.22. The molecule has 8 heteroatoms. The number of amides is 2. The molecule has 1 N–H and O–H groups in total. The predicted octanol–water partition coefficient (Wildman–Crippen LogP) is 4.21. The summed E-state index contributed by atoms with van der Waals surface area (Å²) in [4.78, 5) is 16.3. The number of aromatic nitrogens is 2. The summed E-state index contributed by atoms with van der Waals surface area (Å²) >= 11 is 7.44. The highest BCUT2D eigenvalue weighted by Gasteiger charge is 2.22. The van der Waals surface area contributed by atoms with E-state index in [1.165, 1.54) is 11.3 Å². The van der Waals surface area contributed by atoms with Gasteiger partial charge in [0.1, 0.15) is 0 Å². The van der Waals surface area contributed by atoms with Crippen LogP contribution in [0.2, 0.25) is 5.02 Å². The lowest BCUT2D eigenvalue weighted by molar-refractivity contribution is 0.208. The zero-order valence-electron chi connectivity index (χ0n) is 14.5. The van der Waals surface area contributed by atoms with Gasteiger partial charge in [-0.2, -0.15) is 0 Å². The number of urea groups is 1. The highest BCUT2D eigenvalue weighted by atomic mass is 35.5. The number of piperazine rings is 1. The van der Waals surface area contributed by atoms with Crippen LogP contribution < -0.4 is 10.2 Å². The molecule has 2 amide bonds. The number of hydrogen-bond donors (Lipinski definition) is 1. The maximum Gasteiger partial charge on any atom is 0.322 e. The summed E-state index contributed by atoms with van der Waals surface area (Å²) in [5.74, 6) is 0.825. The van der Waals surface area contributed by atoms with Crippen LogP contribution in [-0.2, 0) is 0 Å². The zero-order chi connectivity index (χ0) is 18.6. The van der Waals surface area contributed by atoms with E-state index in [-0.39, 0.29) is 6.03 Å². The molecule has 3 heterocycles. The van der Waals surface area contributed by atoms with Gasteiger partial charge in [0, 0.05) is 36.8 Å². The molecule has 1 aliphatic rings. The highest BCUT2D eigenvalue weighted by molar-refractivity contribution is 7.14. The second-order valence-corrected chi connectivity index (χ2v) is 7.55. The largest absolute Gasteiger partial charge is 0.352 e. The van der Waals surface area contributed by atoms with Crippen molar-refractivity contribution < 1.29 is 4.79 Å². The van der Waals surface area contributed by atoms with Gasteiger partial charge in [0.2, 0.25) is 0 Å². The number of carbonyl (C=O) groups excluding carboxylic acids is 1. The van der Waals surface area contributed by atoms with Crippen LogP contribution in [-0.4, -0.2) is 47.3 Å². The van der Waals surface area contributed by atoms with Crippen LogP contribution in [0.1, 0.15) is 0 Å². The lowest BCUT2D eigenvalue weighted by Gasteiger charge is -2.35. The molecular formula is C19H18ClN5OS. The molecule has 1 saturated heterocycles. The van der Waals surface area contributed by atoms with Crippen LogP contribution in [0.4, 0.5) is 15.6 Å². The molecule has 0 saturated carbocycles. The number of halogens is 1. The van der Waals surface area contributed by atoms with E-state index in [1.54, 1.807) is 0 Å². The van der Waals surface area contributed by atoms with Gasteiger partial charge in [-0.3, -0.25) is 5.32 Å². The van der Waals surface area contributed by atoms with E-state index in [0.717, 1.165) is 35.2 Å². The number of thiophene rings is 1. The summed E-state index contributed by atoms with van der Waals surface area (Å²) in [6.07, 6.45) is 0. The molecule has 0 atom stereocenters. The smallest absolute Gasteiger partial charge is 0.322 e. The van der Waals surface area contributed by atoms with Crippen molar-refractivity contribution in [3.8, 4) is 11.3 Å². The maximum atomic E-state index is 12.3. The summed E-state index contributed by atoms with van der Waals surface area (Å²) in [5, 5.41) is 15.1. The quantitative estimate of drug-likeness (QED) is 0.716. The minimum absolute atomic E-state index is 0.0544. The van der Waals surface area contributed by atoms with Gasteiger partial charge >= 0.3 is 6.03 Å². The van der Waals surface area contributed by atoms with Crippen molar-refractivity contribution in [3.05, 3.63) is 58.9 Å². The summed E-state index contributed by atoms with van der Waals surface area (Å²) in [7, 11) is 0. The lowest BCUT2D eigenvalue weighted by Crippen LogP contribution is -2.50. The van der Waals surface area contributed by atoms with Crippen molar-refractivity contribution in [2.75, 3.05) is 36.4 Å². The van der Waals surface area contributed by atoms with Crippen molar-refractivity contribution in [3.63, 3.8) is 0 Å². The number of rotatable bonds is 3. The monoisotopic (exact) mass is 399 g/mol. The van der Waals surface area contributed by atoms with E-state index in [1.807, 2.05) is 58.8 Å². The Morgan fingerprint density at radius 1 is 1.00 bits per heavy atom. The average molecular weight is 400 g/mol. The van der Waals surface area contributed by atoms with E-state index >= 15 is 0 Å². The van der Waals surface area contributed by atoms with E-state index in [9.17, 15) is 4.79 Å². The Balaban J connectivity index is 1.35. The highest BCUT2D eigenvalue weighted by Crippen LogP contribution is 2.21. The summed E-state index contributed by atoms with van der Waals surface area (Å²) in [5.41, 5.74) is 1.79. The summed E-state index contributed by atoms with van der Waals surface area (Å²) in [6.45, 7) is 2.76. The normalized spacial score (nSPS) is 14.3. The first-order valence-electron chi connectivity index (χ1n) is 8.63. The molecule has 6 nitrogen and oxygen atoms in total. The Morgan fingerprint density at radius 3 is 2.41 bits per heavy atom. The number of benzene rings is 1. The van der Waals surface area contributed by atoms with E-state index in [4.69, 9.17) is 11.6 Å². The third-order valence-corrected chi connectivity index (χ3v) is 5.47.